The summed E-state index contributed by atoms with van der Waals surface area (Å²) in [6, 6.07) is 2.44. The summed E-state index contributed by atoms with van der Waals surface area (Å²) in [5.41, 5.74) is -1.01. The van der Waals surface area contributed by atoms with E-state index < -0.39 is 23.4 Å². The molecule has 0 bridgehead atoms. The van der Waals surface area contributed by atoms with Gasteiger partial charge >= 0.3 is 6.03 Å². The van der Waals surface area contributed by atoms with Crippen LogP contribution < -0.4 is 10.6 Å². The Morgan fingerprint density at radius 2 is 2.15 bits per heavy atom. The number of furan rings is 1. The van der Waals surface area contributed by atoms with Crippen LogP contribution in [0.25, 0.3) is 0 Å². The molecule has 5 amide bonds. The standard InChI is InChI=1S/C17H22N4O5/c1-17(2)15(24)21(16(25)19-17)10-13(22)18-11-5-3-7-20(9-11)14(23)12-6-4-8-26-12/h4,6,8,11H,3,5,7,9-10H2,1-2H3,(H,18,22)(H,19,25)/t11-/m1/s1. The summed E-state index contributed by atoms with van der Waals surface area (Å²) in [6.07, 6.45) is 2.91. The molecular formula is C17H22N4O5. The van der Waals surface area contributed by atoms with E-state index in [1.165, 1.54) is 6.26 Å². The van der Waals surface area contributed by atoms with E-state index in [0.29, 0.717) is 13.1 Å². The first-order chi connectivity index (χ1) is 12.3. The van der Waals surface area contributed by atoms with Gasteiger partial charge in [-0.15, -0.1) is 0 Å². The zero-order valence-electron chi connectivity index (χ0n) is 14.8. The van der Waals surface area contributed by atoms with E-state index in [1.54, 1.807) is 30.9 Å². The van der Waals surface area contributed by atoms with Gasteiger partial charge in [0.25, 0.3) is 11.8 Å². The van der Waals surface area contributed by atoms with Gasteiger partial charge in [0.15, 0.2) is 5.76 Å². The molecule has 26 heavy (non-hydrogen) atoms. The second kappa shape index (κ2) is 6.81. The fourth-order valence-corrected chi connectivity index (χ4v) is 3.21. The Balaban J connectivity index is 1.55. The molecule has 1 aromatic heterocycles. The monoisotopic (exact) mass is 362 g/mol. The molecule has 0 aromatic carbocycles. The lowest BCUT2D eigenvalue weighted by Gasteiger charge is -2.32. The number of imide groups is 1. The van der Waals surface area contributed by atoms with Gasteiger partial charge in [0, 0.05) is 19.1 Å². The van der Waals surface area contributed by atoms with Gasteiger partial charge in [-0.05, 0) is 38.8 Å². The summed E-state index contributed by atoms with van der Waals surface area (Å²) in [4.78, 5) is 51.1. The van der Waals surface area contributed by atoms with Gasteiger partial charge in [0.2, 0.25) is 5.91 Å². The molecule has 0 saturated carbocycles. The van der Waals surface area contributed by atoms with Crippen LogP contribution in [-0.4, -0.2) is 64.8 Å². The number of urea groups is 1. The molecule has 0 radical (unpaired) electrons. The minimum absolute atomic E-state index is 0.218. The SMILES string of the molecule is CC1(C)NC(=O)N(CC(=O)N[C@@H]2CCCN(C(=O)c3ccco3)C2)C1=O. The average molecular weight is 362 g/mol. The third-order valence-electron chi connectivity index (χ3n) is 4.55. The molecular weight excluding hydrogens is 340 g/mol. The van der Waals surface area contributed by atoms with Crippen molar-refractivity contribution in [3.05, 3.63) is 24.2 Å². The third kappa shape index (κ3) is 3.56. The molecule has 9 heteroatoms. The number of piperidine rings is 1. The number of hydrogen-bond donors (Lipinski definition) is 2. The zero-order chi connectivity index (χ0) is 18.9. The van der Waals surface area contributed by atoms with Crippen molar-refractivity contribution in [1.29, 1.82) is 0 Å². The first kappa shape index (κ1) is 18.0. The minimum Gasteiger partial charge on any atom is -0.459 e. The molecule has 3 rings (SSSR count). The lowest BCUT2D eigenvalue weighted by molar-refractivity contribution is -0.134. The molecule has 2 saturated heterocycles. The summed E-state index contributed by atoms with van der Waals surface area (Å²) in [7, 11) is 0. The fourth-order valence-electron chi connectivity index (χ4n) is 3.21. The van der Waals surface area contributed by atoms with E-state index in [4.69, 9.17) is 4.42 Å². The Morgan fingerprint density at radius 3 is 2.77 bits per heavy atom. The molecule has 0 aliphatic carbocycles. The van der Waals surface area contributed by atoms with Crippen molar-refractivity contribution >= 4 is 23.8 Å². The Morgan fingerprint density at radius 1 is 1.38 bits per heavy atom. The van der Waals surface area contributed by atoms with Crippen molar-refractivity contribution in [2.24, 2.45) is 0 Å². The van der Waals surface area contributed by atoms with Gasteiger partial charge in [0.1, 0.15) is 12.1 Å². The summed E-state index contributed by atoms with van der Waals surface area (Å²) in [5.74, 6) is -0.817. The van der Waals surface area contributed by atoms with Gasteiger partial charge in [-0.1, -0.05) is 0 Å². The number of carbonyl (C=O) groups is 4. The first-order valence-corrected chi connectivity index (χ1v) is 8.54. The molecule has 2 fully saturated rings. The number of likely N-dealkylation sites (tertiary alicyclic amines) is 1. The lowest BCUT2D eigenvalue weighted by Crippen LogP contribution is -2.52. The average Bonchev–Trinajstić information content (AvgIpc) is 3.18. The normalized spacial score (nSPS) is 22.3. The molecule has 140 valence electrons. The summed E-state index contributed by atoms with van der Waals surface area (Å²) in [6.45, 7) is 3.79. The fraction of sp³-hybridized carbons (Fsp3) is 0.529. The largest absolute Gasteiger partial charge is 0.459 e. The number of nitrogens with zero attached hydrogens (tertiary/aromatic N) is 2. The van der Waals surface area contributed by atoms with Gasteiger partial charge < -0.3 is 20.0 Å². The Labute approximate surface area is 150 Å². The van der Waals surface area contributed by atoms with E-state index in [1.807, 2.05) is 0 Å². The number of hydrogen-bond acceptors (Lipinski definition) is 5. The quantitative estimate of drug-likeness (QED) is 0.750. The molecule has 9 nitrogen and oxygen atoms in total. The highest BCUT2D eigenvalue weighted by molar-refractivity contribution is 6.08. The molecule has 1 aromatic rings. The van der Waals surface area contributed by atoms with Gasteiger partial charge in [-0.25, -0.2) is 4.79 Å². The predicted molar refractivity (Wildman–Crippen MR) is 90.1 cm³/mol. The van der Waals surface area contributed by atoms with Crippen LogP contribution in [0.5, 0.6) is 0 Å². The second-order valence-corrected chi connectivity index (χ2v) is 7.08. The highest BCUT2D eigenvalue weighted by Gasteiger charge is 2.45. The van der Waals surface area contributed by atoms with E-state index in [-0.39, 0.29) is 24.3 Å². The summed E-state index contributed by atoms with van der Waals surface area (Å²) in [5, 5.41) is 5.34. The number of rotatable bonds is 4. The molecule has 2 aliphatic rings. The van der Waals surface area contributed by atoms with Crippen LogP contribution >= 0.6 is 0 Å². The predicted octanol–water partition coefficient (Wildman–Crippen LogP) is 0.331. The minimum atomic E-state index is -1.01. The maximum Gasteiger partial charge on any atom is 0.325 e. The van der Waals surface area contributed by atoms with E-state index in [9.17, 15) is 19.2 Å². The van der Waals surface area contributed by atoms with Crippen LogP contribution in [0.3, 0.4) is 0 Å². The Bertz CT molecular complexity index is 728. The first-order valence-electron chi connectivity index (χ1n) is 8.54. The van der Waals surface area contributed by atoms with Gasteiger partial charge in [0.05, 0.1) is 6.26 Å². The van der Waals surface area contributed by atoms with Crippen molar-refractivity contribution in [2.45, 2.75) is 38.3 Å². The van der Waals surface area contributed by atoms with E-state index in [2.05, 4.69) is 10.6 Å². The summed E-state index contributed by atoms with van der Waals surface area (Å²) < 4.78 is 5.13. The third-order valence-corrected chi connectivity index (χ3v) is 4.55. The van der Waals surface area contributed by atoms with Gasteiger partial charge in [-0.3, -0.25) is 19.3 Å². The number of carbonyl (C=O) groups excluding carboxylic acids is 4. The highest BCUT2D eigenvalue weighted by Crippen LogP contribution is 2.17. The Kier molecular flexibility index (Phi) is 4.71. The van der Waals surface area contributed by atoms with Crippen molar-refractivity contribution in [3.8, 4) is 0 Å². The van der Waals surface area contributed by atoms with E-state index >= 15 is 0 Å². The van der Waals surface area contributed by atoms with Crippen LogP contribution in [-0.2, 0) is 9.59 Å². The maximum absolute atomic E-state index is 12.3. The van der Waals surface area contributed by atoms with E-state index in [0.717, 1.165) is 17.7 Å². The van der Waals surface area contributed by atoms with Crippen LogP contribution in [0.1, 0.15) is 37.2 Å². The van der Waals surface area contributed by atoms with Crippen LogP contribution in [0, 0.1) is 0 Å². The molecule has 0 unspecified atom stereocenters. The zero-order valence-corrected chi connectivity index (χ0v) is 14.8. The van der Waals surface area contributed by atoms with Crippen molar-refractivity contribution in [1.82, 2.24) is 20.4 Å². The molecule has 3 heterocycles. The second-order valence-electron chi connectivity index (χ2n) is 7.08. The van der Waals surface area contributed by atoms with Crippen molar-refractivity contribution in [3.63, 3.8) is 0 Å². The molecule has 2 N–H and O–H groups in total. The van der Waals surface area contributed by atoms with Gasteiger partial charge in [-0.2, -0.15) is 0 Å². The highest BCUT2D eigenvalue weighted by atomic mass is 16.3. The van der Waals surface area contributed by atoms with Crippen LogP contribution in [0.2, 0.25) is 0 Å². The molecule has 2 aliphatic heterocycles. The number of nitrogens with one attached hydrogen (secondary N) is 2. The van der Waals surface area contributed by atoms with Crippen molar-refractivity contribution < 1.29 is 23.6 Å². The van der Waals surface area contributed by atoms with Crippen LogP contribution in [0.4, 0.5) is 4.79 Å². The smallest absolute Gasteiger partial charge is 0.325 e. The molecule has 1 atom stereocenters. The maximum atomic E-state index is 12.3. The Hall–Kier alpha value is -2.84. The molecule has 0 spiro atoms. The van der Waals surface area contributed by atoms with Crippen LogP contribution in [0.15, 0.2) is 22.8 Å². The lowest BCUT2D eigenvalue weighted by atomic mass is 10.1. The number of amides is 5. The summed E-state index contributed by atoms with van der Waals surface area (Å²) >= 11 is 0. The van der Waals surface area contributed by atoms with Crippen molar-refractivity contribution in [2.75, 3.05) is 19.6 Å². The topological polar surface area (TPSA) is 112 Å².